The van der Waals surface area contributed by atoms with Crippen molar-refractivity contribution in [3.8, 4) is 5.75 Å². The number of thiazole rings is 1. The molecule has 3 rings (SSSR count). The summed E-state index contributed by atoms with van der Waals surface area (Å²) in [5.74, 6) is -0.270. The standard InChI is InChI=1S/C16H19F3N2O3S/c17-16(18,19)24-10-3-4-14-11(8-10)20-15(25-14)2-1-6-21-7-5-13(23)12(21)9-22/h3-4,8,12-13,22-23H,1-2,5-7,9H2. The zero-order valence-electron chi connectivity index (χ0n) is 13.4. The number of alkyl halides is 3. The number of fused-ring (bicyclic) bond motifs is 1. The first kappa shape index (κ1) is 18.4. The third-order valence-corrected chi connectivity index (χ3v) is 5.38. The van der Waals surface area contributed by atoms with Crippen LogP contribution in [0.1, 0.15) is 17.8 Å². The van der Waals surface area contributed by atoms with Gasteiger partial charge in [-0.1, -0.05) is 0 Å². The Morgan fingerprint density at radius 3 is 2.88 bits per heavy atom. The van der Waals surface area contributed by atoms with E-state index in [9.17, 15) is 23.4 Å². The molecule has 2 aromatic rings. The zero-order chi connectivity index (χ0) is 18.0. The van der Waals surface area contributed by atoms with Crippen LogP contribution in [0.25, 0.3) is 10.2 Å². The quantitative estimate of drug-likeness (QED) is 0.811. The van der Waals surface area contributed by atoms with Crippen LogP contribution >= 0.6 is 11.3 Å². The predicted molar refractivity (Wildman–Crippen MR) is 87.7 cm³/mol. The molecule has 1 aliphatic rings. The van der Waals surface area contributed by atoms with E-state index in [-0.39, 0.29) is 18.4 Å². The highest BCUT2D eigenvalue weighted by Crippen LogP contribution is 2.30. The molecule has 0 saturated carbocycles. The molecule has 9 heteroatoms. The summed E-state index contributed by atoms with van der Waals surface area (Å²) >= 11 is 1.45. The van der Waals surface area contributed by atoms with Gasteiger partial charge in [-0.2, -0.15) is 0 Å². The largest absolute Gasteiger partial charge is 0.573 e. The summed E-state index contributed by atoms with van der Waals surface area (Å²) in [7, 11) is 0. The van der Waals surface area contributed by atoms with Gasteiger partial charge in [-0.15, -0.1) is 24.5 Å². The van der Waals surface area contributed by atoms with Crippen molar-refractivity contribution in [1.29, 1.82) is 0 Å². The van der Waals surface area contributed by atoms with Crippen LogP contribution in [0.2, 0.25) is 0 Å². The first-order valence-corrected chi connectivity index (χ1v) is 8.85. The number of aryl methyl sites for hydroxylation is 1. The van der Waals surface area contributed by atoms with Gasteiger partial charge in [0, 0.05) is 19.0 Å². The summed E-state index contributed by atoms with van der Waals surface area (Å²) in [6.45, 7) is 1.43. The van der Waals surface area contributed by atoms with Gasteiger partial charge in [-0.3, -0.25) is 4.90 Å². The first-order chi connectivity index (χ1) is 11.9. The monoisotopic (exact) mass is 376 g/mol. The fourth-order valence-electron chi connectivity index (χ4n) is 3.11. The molecule has 1 aromatic heterocycles. The summed E-state index contributed by atoms with van der Waals surface area (Å²) in [6, 6.07) is 3.95. The summed E-state index contributed by atoms with van der Waals surface area (Å²) in [6.07, 6.45) is -3.04. The van der Waals surface area contributed by atoms with Crippen LogP contribution in [-0.4, -0.2) is 58.3 Å². The number of hydrogen-bond acceptors (Lipinski definition) is 6. The molecular weight excluding hydrogens is 357 g/mol. The average molecular weight is 376 g/mol. The molecule has 2 unspecified atom stereocenters. The predicted octanol–water partition coefficient (Wildman–Crippen LogP) is 2.56. The minimum atomic E-state index is -4.71. The van der Waals surface area contributed by atoms with Crippen molar-refractivity contribution in [2.24, 2.45) is 0 Å². The second-order valence-corrected chi connectivity index (χ2v) is 7.15. The van der Waals surface area contributed by atoms with Gasteiger partial charge in [0.05, 0.1) is 34.0 Å². The third-order valence-electron chi connectivity index (χ3n) is 4.29. The van der Waals surface area contributed by atoms with Gasteiger partial charge >= 0.3 is 6.36 Å². The fourth-order valence-corrected chi connectivity index (χ4v) is 4.10. The Morgan fingerprint density at radius 1 is 1.36 bits per heavy atom. The maximum atomic E-state index is 12.3. The smallest absolute Gasteiger partial charge is 0.406 e. The van der Waals surface area contributed by atoms with Gasteiger partial charge in [0.25, 0.3) is 0 Å². The molecule has 1 aromatic carbocycles. The summed E-state index contributed by atoms with van der Waals surface area (Å²) in [5.41, 5.74) is 0.492. The van der Waals surface area contributed by atoms with Crippen molar-refractivity contribution in [3.63, 3.8) is 0 Å². The van der Waals surface area contributed by atoms with Gasteiger partial charge in [-0.05, 0) is 31.5 Å². The van der Waals surface area contributed by atoms with Crippen LogP contribution in [-0.2, 0) is 6.42 Å². The van der Waals surface area contributed by atoms with Crippen molar-refractivity contribution in [1.82, 2.24) is 9.88 Å². The Bertz CT molecular complexity index is 722. The van der Waals surface area contributed by atoms with Crippen LogP contribution in [0.5, 0.6) is 5.75 Å². The lowest BCUT2D eigenvalue weighted by atomic mass is 10.2. The molecule has 25 heavy (non-hydrogen) atoms. The number of aliphatic hydroxyl groups is 2. The summed E-state index contributed by atoms with van der Waals surface area (Å²) in [4.78, 5) is 6.44. The van der Waals surface area contributed by atoms with E-state index < -0.39 is 12.5 Å². The van der Waals surface area contributed by atoms with Gasteiger partial charge in [-0.25, -0.2) is 4.98 Å². The molecule has 0 amide bonds. The van der Waals surface area contributed by atoms with E-state index >= 15 is 0 Å². The Balaban J connectivity index is 1.59. The van der Waals surface area contributed by atoms with E-state index in [1.54, 1.807) is 6.07 Å². The Labute approximate surface area is 146 Å². The zero-order valence-corrected chi connectivity index (χ0v) is 14.2. The molecule has 2 N–H and O–H groups in total. The number of benzene rings is 1. The number of likely N-dealkylation sites (tertiary alicyclic amines) is 1. The van der Waals surface area contributed by atoms with Gasteiger partial charge in [0.1, 0.15) is 5.75 Å². The van der Waals surface area contributed by atoms with Crippen molar-refractivity contribution >= 4 is 21.6 Å². The first-order valence-electron chi connectivity index (χ1n) is 8.04. The van der Waals surface area contributed by atoms with Gasteiger partial charge < -0.3 is 14.9 Å². The van der Waals surface area contributed by atoms with E-state index in [0.29, 0.717) is 18.4 Å². The molecule has 2 atom stereocenters. The number of aromatic nitrogens is 1. The van der Waals surface area contributed by atoms with Crippen LogP contribution in [0.3, 0.4) is 0 Å². The van der Waals surface area contributed by atoms with E-state index in [4.69, 9.17) is 0 Å². The number of rotatable bonds is 6. The highest BCUT2D eigenvalue weighted by atomic mass is 32.1. The Kier molecular flexibility index (Phi) is 5.47. The normalized spacial score (nSPS) is 22.0. The molecule has 5 nitrogen and oxygen atoms in total. The van der Waals surface area contributed by atoms with Crippen molar-refractivity contribution in [2.45, 2.75) is 37.8 Å². The number of halogens is 3. The molecule has 1 aliphatic heterocycles. The number of hydrogen-bond donors (Lipinski definition) is 2. The lowest BCUT2D eigenvalue weighted by Crippen LogP contribution is -2.38. The lowest BCUT2D eigenvalue weighted by Gasteiger charge is -2.23. The minimum Gasteiger partial charge on any atom is -0.406 e. The summed E-state index contributed by atoms with van der Waals surface area (Å²) in [5, 5.41) is 19.9. The maximum Gasteiger partial charge on any atom is 0.573 e. The third kappa shape index (κ3) is 4.60. The van der Waals surface area contributed by atoms with E-state index in [2.05, 4.69) is 14.6 Å². The molecule has 0 radical (unpaired) electrons. The Hall–Kier alpha value is -1.42. The molecule has 1 saturated heterocycles. The molecule has 1 fully saturated rings. The highest BCUT2D eigenvalue weighted by Gasteiger charge is 2.32. The van der Waals surface area contributed by atoms with Crippen LogP contribution in [0.15, 0.2) is 18.2 Å². The maximum absolute atomic E-state index is 12.3. The average Bonchev–Trinajstić information content (AvgIpc) is 3.08. The van der Waals surface area contributed by atoms with E-state index in [1.165, 1.54) is 23.5 Å². The molecule has 138 valence electrons. The number of aliphatic hydroxyl groups excluding tert-OH is 2. The lowest BCUT2D eigenvalue weighted by molar-refractivity contribution is -0.274. The highest BCUT2D eigenvalue weighted by molar-refractivity contribution is 7.18. The molecule has 0 spiro atoms. The van der Waals surface area contributed by atoms with E-state index in [1.807, 2.05) is 0 Å². The van der Waals surface area contributed by atoms with Crippen LogP contribution < -0.4 is 4.74 Å². The summed E-state index contributed by atoms with van der Waals surface area (Å²) < 4.78 is 41.5. The second kappa shape index (κ2) is 7.45. The second-order valence-electron chi connectivity index (χ2n) is 6.03. The molecule has 0 aliphatic carbocycles. The van der Waals surface area contributed by atoms with Crippen molar-refractivity contribution < 1.29 is 28.1 Å². The minimum absolute atomic E-state index is 0.0652. The Morgan fingerprint density at radius 2 is 2.16 bits per heavy atom. The van der Waals surface area contributed by atoms with Crippen molar-refractivity contribution in [2.75, 3.05) is 19.7 Å². The SMILES string of the molecule is OCC1C(O)CCN1CCCc1nc2cc(OC(F)(F)F)ccc2s1. The molecular formula is C16H19F3N2O3S. The van der Waals surface area contributed by atoms with Crippen LogP contribution in [0.4, 0.5) is 13.2 Å². The van der Waals surface area contributed by atoms with Gasteiger partial charge in [0.15, 0.2) is 0 Å². The number of nitrogens with zero attached hydrogens (tertiary/aromatic N) is 2. The van der Waals surface area contributed by atoms with E-state index in [0.717, 1.165) is 29.2 Å². The number of ether oxygens (including phenoxy) is 1. The van der Waals surface area contributed by atoms with Crippen LogP contribution in [0, 0.1) is 0 Å². The fraction of sp³-hybridized carbons (Fsp3) is 0.562. The van der Waals surface area contributed by atoms with Crippen molar-refractivity contribution in [3.05, 3.63) is 23.2 Å². The van der Waals surface area contributed by atoms with Gasteiger partial charge in [0.2, 0.25) is 0 Å². The molecule has 2 heterocycles. The topological polar surface area (TPSA) is 65.8 Å². The molecule has 0 bridgehead atoms.